The quantitative estimate of drug-likeness (QED) is 0.394. The topological polar surface area (TPSA) is 61.2 Å². The lowest BCUT2D eigenvalue weighted by atomic mass is 10.1. The van der Waals surface area contributed by atoms with Gasteiger partial charge in [-0.2, -0.15) is 0 Å². The molecule has 1 aromatic carbocycles. The Kier molecular flexibility index (Phi) is 6.29. The number of hydrogen-bond donors (Lipinski definition) is 0. The van der Waals surface area contributed by atoms with Gasteiger partial charge in [0.15, 0.2) is 6.61 Å². The van der Waals surface area contributed by atoms with Crippen LogP contribution >= 0.6 is 11.3 Å². The average Bonchev–Trinajstić information content (AvgIpc) is 3.19. The van der Waals surface area contributed by atoms with Crippen LogP contribution in [0.25, 0.3) is 10.2 Å². The maximum atomic E-state index is 12.5. The third-order valence-corrected chi connectivity index (χ3v) is 5.87. The number of ketones is 1. The van der Waals surface area contributed by atoms with Gasteiger partial charge in [-0.1, -0.05) is 12.1 Å². The minimum Gasteiger partial charge on any atom is -0.457 e. The van der Waals surface area contributed by atoms with Crippen LogP contribution in [0.2, 0.25) is 0 Å². The Labute approximate surface area is 169 Å². The first-order valence-electron chi connectivity index (χ1n) is 9.58. The lowest BCUT2D eigenvalue weighted by Gasteiger charge is -2.13. The summed E-state index contributed by atoms with van der Waals surface area (Å²) in [6, 6.07) is 10.2. The van der Waals surface area contributed by atoms with Gasteiger partial charge in [0.1, 0.15) is 0 Å². The van der Waals surface area contributed by atoms with Gasteiger partial charge < -0.3 is 9.30 Å². The van der Waals surface area contributed by atoms with Crippen LogP contribution in [-0.2, 0) is 16.0 Å². The molecule has 3 rings (SSSR count). The van der Waals surface area contributed by atoms with E-state index in [0.29, 0.717) is 12.0 Å². The Morgan fingerprint density at radius 3 is 2.64 bits per heavy atom. The number of rotatable bonds is 8. The molecule has 2 aromatic heterocycles. The zero-order valence-corrected chi connectivity index (χ0v) is 17.6. The van der Waals surface area contributed by atoms with Gasteiger partial charge in [-0.05, 0) is 58.7 Å². The van der Waals surface area contributed by atoms with Gasteiger partial charge in [-0.3, -0.25) is 9.59 Å². The summed E-state index contributed by atoms with van der Waals surface area (Å²) < 4.78 is 8.48. The first-order chi connectivity index (χ1) is 13.4. The van der Waals surface area contributed by atoms with Crippen molar-refractivity contribution in [1.82, 2.24) is 9.55 Å². The number of esters is 1. The van der Waals surface area contributed by atoms with E-state index in [9.17, 15) is 9.59 Å². The van der Waals surface area contributed by atoms with E-state index in [0.717, 1.165) is 33.0 Å². The fourth-order valence-corrected chi connectivity index (χ4v) is 4.57. The van der Waals surface area contributed by atoms with Gasteiger partial charge in [-0.25, -0.2) is 4.98 Å². The van der Waals surface area contributed by atoms with E-state index in [4.69, 9.17) is 4.74 Å². The SMILES string of the molecule is Cc1cc(C(=O)COC(=O)CCCc2nc3ccccc3s2)c(C)n1C(C)C. The van der Waals surface area contributed by atoms with E-state index in [2.05, 4.69) is 23.4 Å². The van der Waals surface area contributed by atoms with E-state index in [1.165, 1.54) is 0 Å². The number of nitrogens with zero attached hydrogens (tertiary/aromatic N) is 2. The Morgan fingerprint density at radius 1 is 1.21 bits per heavy atom. The summed E-state index contributed by atoms with van der Waals surface area (Å²) in [6.45, 7) is 7.87. The molecule has 0 amide bonds. The maximum Gasteiger partial charge on any atom is 0.306 e. The molecule has 0 aliphatic heterocycles. The van der Waals surface area contributed by atoms with Crippen molar-refractivity contribution in [3.63, 3.8) is 0 Å². The highest BCUT2D eigenvalue weighted by Gasteiger charge is 2.18. The van der Waals surface area contributed by atoms with Gasteiger partial charge in [0.25, 0.3) is 0 Å². The van der Waals surface area contributed by atoms with Crippen LogP contribution in [0.4, 0.5) is 0 Å². The van der Waals surface area contributed by atoms with Crippen LogP contribution in [-0.4, -0.2) is 27.9 Å². The Hall–Kier alpha value is -2.47. The molecule has 0 saturated carbocycles. The van der Waals surface area contributed by atoms with Crippen molar-refractivity contribution in [3.8, 4) is 0 Å². The number of fused-ring (bicyclic) bond motifs is 1. The summed E-state index contributed by atoms with van der Waals surface area (Å²) in [5.41, 5.74) is 3.59. The van der Waals surface area contributed by atoms with Crippen LogP contribution < -0.4 is 0 Å². The molecule has 0 bridgehead atoms. The molecule has 0 saturated heterocycles. The van der Waals surface area contributed by atoms with E-state index in [1.54, 1.807) is 11.3 Å². The van der Waals surface area contributed by atoms with E-state index in [-0.39, 0.29) is 30.8 Å². The molecule has 148 valence electrons. The van der Waals surface area contributed by atoms with E-state index >= 15 is 0 Å². The first kappa shape index (κ1) is 20.3. The number of benzene rings is 1. The van der Waals surface area contributed by atoms with Crippen molar-refractivity contribution in [2.45, 2.75) is 53.0 Å². The molecule has 0 radical (unpaired) electrons. The summed E-state index contributed by atoms with van der Waals surface area (Å²) in [7, 11) is 0. The highest BCUT2D eigenvalue weighted by Crippen LogP contribution is 2.23. The Balaban J connectivity index is 1.47. The van der Waals surface area contributed by atoms with Crippen molar-refractivity contribution in [3.05, 3.63) is 52.3 Å². The molecule has 6 heteroatoms. The lowest BCUT2D eigenvalue weighted by molar-refractivity contribution is -0.142. The molecule has 0 aliphatic carbocycles. The summed E-state index contributed by atoms with van der Waals surface area (Å²) in [5, 5.41) is 1.02. The number of Topliss-reactive ketones (excluding diaryl/α,β-unsaturated/α-hetero) is 1. The summed E-state index contributed by atoms with van der Waals surface area (Å²) in [5.74, 6) is -0.494. The van der Waals surface area contributed by atoms with Crippen LogP contribution in [0.15, 0.2) is 30.3 Å². The van der Waals surface area contributed by atoms with Crippen LogP contribution in [0.1, 0.15) is 59.5 Å². The second kappa shape index (κ2) is 8.69. The molecular weight excluding hydrogens is 372 g/mol. The minimum absolute atomic E-state index is 0.153. The number of hydrogen-bond acceptors (Lipinski definition) is 5. The van der Waals surface area contributed by atoms with Gasteiger partial charge in [0.2, 0.25) is 5.78 Å². The van der Waals surface area contributed by atoms with Crippen molar-refractivity contribution in [2.75, 3.05) is 6.61 Å². The molecule has 0 spiro atoms. The number of thiazole rings is 1. The van der Waals surface area contributed by atoms with E-state index in [1.807, 2.05) is 44.2 Å². The van der Waals surface area contributed by atoms with Crippen molar-refractivity contribution < 1.29 is 14.3 Å². The second-order valence-corrected chi connectivity index (χ2v) is 8.38. The summed E-state index contributed by atoms with van der Waals surface area (Å²) in [4.78, 5) is 29.0. The summed E-state index contributed by atoms with van der Waals surface area (Å²) >= 11 is 1.65. The van der Waals surface area contributed by atoms with Crippen LogP contribution in [0, 0.1) is 13.8 Å². The normalized spacial score (nSPS) is 11.3. The highest BCUT2D eigenvalue weighted by atomic mass is 32.1. The fraction of sp³-hybridized carbons (Fsp3) is 0.409. The average molecular weight is 399 g/mol. The molecular formula is C22H26N2O3S. The smallest absolute Gasteiger partial charge is 0.306 e. The molecule has 0 unspecified atom stereocenters. The van der Waals surface area contributed by atoms with E-state index < -0.39 is 0 Å². The molecule has 5 nitrogen and oxygen atoms in total. The molecule has 0 N–H and O–H groups in total. The minimum atomic E-state index is -0.341. The summed E-state index contributed by atoms with van der Waals surface area (Å²) in [6.07, 6.45) is 1.68. The molecule has 0 atom stereocenters. The molecule has 0 aliphatic rings. The fourth-order valence-electron chi connectivity index (χ4n) is 3.56. The number of para-hydroxylation sites is 1. The first-order valence-corrected chi connectivity index (χ1v) is 10.4. The predicted molar refractivity (Wildman–Crippen MR) is 112 cm³/mol. The van der Waals surface area contributed by atoms with Gasteiger partial charge >= 0.3 is 5.97 Å². The standard InChI is InChI=1S/C22H26N2O3S/c1-14(2)24-15(3)12-17(16(24)4)19(25)13-27-22(26)11-7-10-21-23-18-8-5-6-9-20(18)28-21/h5-6,8-9,12,14H,7,10-11,13H2,1-4H3. The molecule has 28 heavy (non-hydrogen) atoms. The number of carbonyl (C=O) groups excluding carboxylic acids is 2. The van der Waals surface area contributed by atoms with Crippen molar-refractivity contribution in [2.24, 2.45) is 0 Å². The number of aromatic nitrogens is 2. The Morgan fingerprint density at radius 2 is 1.96 bits per heavy atom. The highest BCUT2D eigenvalue weighted by molar-refractivity contribution is 7.18. The number of aryl methyl sites for hydroxylation is 2. The molecule has 2 heterocycles. The second-order valence-electron chi connectivity index (χ2n) is 7.26. The predicted octanol–water partition coefficient (Wildman–Crippen LogP) is 5.04. The van der Waals surface area contributed by atoms with Crippen LogP contribution in [0.3, 0.4) is 0 Å². The largest absolute Gasteiger partial charge is 0.457 e. The molecule has 3 aromatic rings. The van der Waals surface area contributed by atoms with Crippen LogP contribution in [0.5, 0.6) is 0 Å². The van der Waals surface area contributed by atoms with Gasteiger partial charge in [0, 0.05) is 29.4 Å². The number of carbonyl (C=O) groups is 2. The third kappa shape index (κ3) is 4.50. The van der Waals surface area contributed by atoms with Gasteiger partial charge in [-0.15, -0.1) is 11.3 Å². The lowest BCUT2D eigenvalue weighted by Crippen LogP contribution is -2.15. The Bertz CT molecular complexity index is 968. The zero-order valence-electron chi connectivity index (χ0n) is 16.8. The zero-order chi connectivity index (χ0) is 20.3. The third-order valence-electron chi connectivity index (χ3n) is 4.78. The number of ether oxygens (including phenoxy) is 1. The van der Waals surface area contributed by atoms with Gasteiger partial charge in [0.05, 0.1) is 15.2 Å². The molecule has 0 fully saturated rings. The van der Waals surface area contributed by atoms with Crippen molar-refractivity contribution >= 4 is 33.3 Å². The van der Waals surface area contributed by atoms with Crippen molar-refractivity contribution in [1.29, 1.82) is 0 Å². The monoisotopic (exact) mass is 398 g/mol. The maximum absolute atomic E-state index is 12.5.